The van der Waals surface area contributed by atoms with Crippen molar-refractivity contribution < 1.29 is 4.79 Å². The third-order valence-corrected chi connectivity index (χ3v) is 4.99. The molecule has 0 saturated carbocycles. The fourth-order valence-electron chi connectivity index (χ4n) is 3.32. The number of likely N-dealkylation sites (tertiary alicyclic amines) is 1. The number of nitrogens with zero attached hydrogens (tertiary/aromatic N) is 5. The number of aromatic nitrogens is 2. The summed E-state index contributed by atoms with van der Waals surface area (Å²) in [5, 5.41) is 0. The van der Waals surface area contributed by atoms with Crippen molar-refractivity contribution >= 4 is 16.9 Å². The summed E-state index contributed by atoms with van der Waals surface area (Å²) in [6.45, 7) is 3.52. The van der Waals surface area contributed by atoms with Crippen LogP contribution in [0.25, 0.3) is 11.0 Å². The molecule has 0 unspecified atom stereocenters. The highest BCUT2D eigenvalue weighted by Crippen LogP contribution is 2.13. The van der Waals surface area contributed by atoms with Crippen LogP contribution in [-0.4, -0.2) is 77.4 Å². The summed E-state index contributed by atoms with van der Waals surface area (Å²) in [5.41, 5.74) is 2.56. The molecular formula is C19H27N5O. The van der Waals surface area contributed by atoms with Crippen LogP contribution in [0.15, 0.2) is 30.5 Å². The lowest BCUT2D eigenvalue weighted by Gasteiger charge is -2.25. The zero-order chi connectivity index (χ0) is 17.8. The maximum Gasteiger partial charge on any atom is 0.223 e. The van der Waals surface area contributed by atoms with Gasteiger partial charge >= 0.3 is 0 Å². The van der Waals surface area contributed by atoms with Crippen LogP contribution in [-0.2, 0) is 11.3 Å². The maximum absolute atomic E-state index is 12.4. The minimum atomic E-state index is 0.146. The fourth-order valence-corrected chi connectivity index (χ4v) is 3.32. The third-order valence-electron chi connectivity index (χ3n) is 4.99. The Morgan fingerprint density at radius 3 is 2.76 bits per heavy atom. The van der Waals surface area contributed by atoms with Crippen molar-refractivity contribution in [2.75, 3.05) is 40.8 Å². The van der Waals surface area contributed by atoms with Crippen LogP contribution < -0.4 is 0 Å². The fraction of sp³-hybridized carbons (Fsp3) is 0.526. The van der Waals surface area contributed by atoms with E-state index in [0.717, 1.165) is 36.4 Å². The molecule has 0 aliphatic carbocycles. The summed E-state index contributed by atoms with van der Waals surface area (Å²) < 4.78 is 0. The minimum Gasteiger partial charge on any atom is -0.340 e. The van der Waals surface area contributed by atoms with Gasteiger partial charge in [0.25, 0.3) is 0 Å². The Labute approximate surface area is 149 Å². The van der Waals surface area contributed by atoms with Gasteiger partial charge in [0.05, 0.1) is 29.5 Å². The number of carbonyl (C=O) groups is 1. The number of fused-ring (bicyclic) bond motifs is 1. The van der Waals surface area contributed by atoms with E-state index in [-0.39, 0.29) is 5.91 Å². The van der Waals surface area contributed by atoms with E-state index in [4.69, 9.17) is 0 Å². The van der Waals surface area contributed by atoms with Crippen molar-refractivity contribution in [2.45, 2.75) is 25.4 Å². The highest BCUT2D eigenvalue weighted by atomic mass is 16.2. The average molecular weight is 341 g/mol. The molecular weight excluding hydrogens is 314 g/mol. The molecule has 0 spiro atoms. The predicted octanol–water partition coefficient (Wildman–Crippen LogP) is 1.61. The molecule has 25 heavy (non-hydrogen) atoms. The summed E-state index contributed by atoms with van der Waals surface area (Å²) in [5.74, 6) is 0.146. The van der Waals surface area contributed by atoms with Gasteiger partial charge in [-0.05, 0) is 39.2 Å². The number of hydrogen-bond donors (Lipinski definition) is 0. The standard InChI is InChI=1S/C19H27N5O/c1-22-10-8-16(14-22)23(2)11-9-19(25)24(3)13-15-12-20-17-6-4-5-7-18(17)21-15/h4-7,12,16H,8-11,13-14H2,1-3H3/t16-/m1/s1. The lowest BCUT2D eigenvalue weighted by Crippen LogP contribution is -2.37. The Kier molecular flexibility index (Phi) is 5.60. The Morgan fingerprint density at radius 1 is 1.28 bits per heavy atom. The second-order valence-electron chi connectivity index (χ2n) is 7.04. The van der Waals surface area contributed by atoms with Crippen molar-refractivity contribution in [2.24, 2.45) is 0 Å². The number of benzene rings is 1. The van der Waals surface area contributed by atoms with Gasteiger partial charge in [0.2, 0.25) is 5.91 Å². The van der Waals surface area contributed by atoms with Gasteiger partial charge in [-0.25, -0.2) is 4.98 Å². The molecule has 1 aromatic heterocycles. The number of para-hydroxylation sites is 2. The van der Waals surface area contributed by atoms with Gasteiger partial charge in [-0.15, -0.1) is 0 Å². The van der Waals surface area contributed by atoms with Gasteiger partial charge in [0.1, 0.15) is 0 Å². The molecule has 0 bridgehead atoms. The molecule has 3 rings (SSSR count). The summed E-state index contributed by atoms with van der Waals surface area (Å²) in [6.07, 6.45) is 3.48. The van der Waals surface area contributed by atoms with Crippen LogP contribution in [0, 0.1) is 0 Å². The molecule has 1 aliphatic heterocycles. The van der Waals surface area contributed by atoms with Gasteiger partial charge in [-0.1, -0.05) is 12.1 Å². The highest BCUT2D eigenvalue weighted by Gasteiger charge is 2.23. The number of likely N-dealkylation sites (N-methyl/N-ethyl adjacent to an activating group) is 2. The summed E-state index contributed by atoms with van der Waals surface area (Å²) in [6, 6.07) is 8.35. The molecule has 1 aliphatic rings. The molecule has 2 heterocycles. The van der Waals surface area contributed by atoms with Crippen LogP contribution in [0.1, 0.15) is 18.5 Å². The lowest BCUT2D eigenvalue weighted by molar-refractivity contribution is -0.130. The van der Waals surface area contributed by atoms with Crippen LogP contribution in [0.3, 0.4) is 0 Å². The normalized spacial score (nSPS) is 18.2. The second kappa shape index (κ2) is 7.89. The molecule has 0 radical (unpaired) electrons. The monoisotopic (exact) mass is 341 g/mol. The Bertz CT molecular complexity index is 735. The second-order valence-corrected chi connectivity index (χ2v) is 7.04. The molecule has 6 heteroatoms. The van der Waals surface area contributed by atoms with Crippen LogP contribution in [0.5, 0.6) is 0 Å². The third kappa shape index (κ3) is 4.52. The summed E-state index contributed by atoms with van der Waals surface area (Å²) in [7, 11) is 6.10. The maximum atomic E-state index is 12.4. The Hall–Kier alpha value is -2.05. The first-order valence-corrected chi connectivity index (χ1v) is 8.86. The summed E-state index contributed by atoms with van der Waals surface area (Å²) in [4.78, 5) is 27.8. The van der Waals surface area contributed by atoms with Crippen molar-refractivity contribution in [1.82, 2.24) is 24.7 Å². The van der Waals surface area contributed by atoms with Crippen molar-refractivity contribution in [3.8, 4) is 0 Å². The molecule has 1 saturated heterocycles. The van der Waals surface area contributed by atoms with Crippen molar-refractivity contribution in [3.63, 3.8) is 0 Å². The van der Waals surface area contributed by atoms with E-state index in [0.29, 0.717) is 19.0 Å². The quantitative estimate of drug-likeness (QED) is 0.799. The van der Waals surface area contributed by atoms with E-state index >= 15 is 0 Å². The van der Waals surface area contributed by atoms with Crippen LogP contribution >= 0.6 is 0 Å². The van der Waals surface area contributed by atoms with E-state index in [1.807, 2.05) is 31.3 Å². The first-order chi connectivity index (χ1) is 12.0. The molecule has 6 nitrogen and oxygen atoms in total. The molecule has 1 amide bonds. The number of hydrogen-bond acceptors (Lipinski definition) is 5. The average Bonchev–Trinajstić information content (AvgIpc) is 3.05. The molecule has 1 fully saturated rings. The molecule has 0 N–H and O–H groups in total. The first kappa shape index (κ1) is 17.8. The zero-order valence-corrected chi connectivity index (χ0v) is 15.4. The zero-order valence-electron chi connectivity index (χ0n) is 15.4. The molecule has 1 aromatic carbocycles. The SMILES string of the molecule is CN1CC[C@@H](N(C)CCC(=O)N(C)Cc2cnc3ccccc3n2)C1. The van der Waals surface area contributed by atoms with Crippen molar-refractivity contribution in [1.29, 1.82) is 0 Å². The number of carbonyl (C=O) groups excluding carboxylic acids is 1. The Balaban J connectivity index is 1.51. The topological polar surface area (TPSA) is 52.6 Å². The highest BCUT2D eigenvalue weighted by molar-refractivity contribution is 5.76. The molecule has 1 atom stereocenters. The van der Waals surface area contributed by atoms with E-state index < -0.39 is 0 Å². The van der Waals surface area contributed by atoms with E-state index in [1.165, 1.54) is 6.42 Å². The number of rotatable bonds is 6. The minimum absolute atomic E-state index is 0.146. The molecule has 2 aromatic rings. The Morgan fingerprint density at radius 2 is 2.04 bits per heavy atom. The van der Waals surface area contributed by atoms with Gasteiger partial charge in [0.15, 0.2) is 0 Å². The van der Waals surface area contributed by atoms with E-state index in [2.05, 4.69) is 33.9 Å². The number of amides is 1. The van der Waals surface area contributed by atoms with E-state index in [1.54, 1.807) is 11.1 Å². The van der Waals surface area contributed by atoms with Gasteiger partial charge in [-0.3, -0.25) is 9.78 Å². The van der Waals surface area contributed by atoms with Gasteiger partial charge < -0.3 is 14.7 Å². The van der Waals surface area contributed by atoms with Gasteiger partial charge in [-0.2, -0.15) is 0 Å². The predicted molar refractivity (Wildman–Crippen MR) is 99.2 cm³/mol. The van der Waals surface area contributed by atoms with Crippen LogP contribution in [0.4, 0.5) is 0 Å². The van der Waals surface area contributed by atoms with E-state index in [9.17, 15) is 4.79 Å². The van der Waals surface area contributed by atoms with Gasteiger partial charge in [0, 0.05) is 32.6 Å². The lowest BCUT2D eigenvalue weighted by atomic mass is 10.2. The molecule has 134 valence electrons. The first-order valence-electron chi connectivity index (χ1n) is 8.86. The largest absolute Gasteiger partial charge is 0.340 e. The summed E-state index contributed by atoms with van der Waals surface area (Å²) >= 11 is 0. The smallest absolute Gasteiger partial charge is 0.223 e. The van der Waals surface area contributed by atoms with Crippen LogP contribution in [0.2, 0.25) is 0 Å². The van der Waals surface area contributed by atoms with Crippen molar-refractivity contribution in [3.05, 3.63) is 36.2 Å².